The van der Waals surface area contributed by atoms with Gasteiger partial charge >= 0.3 is 0 Å². The van der Waals surface area contributed by atoms with Gasteiger partial charge in [-0.1, -0.05) is 237 Å². The van der Waals surface area contributed by atoms with Gasteiger partial charge in [-0.05, 0) is 32.1 Å². The summed E-state index contributed by atoms with van der Waals surface area (Å²) in [5, 5.41) is 87.0. The van der Waals surface area contributed by atoms with Crippen molar-refractivity contribution in [3.05, 3.63) is 24.3 Å². The third-order valence-corrected chi connectivity index (χ3v) is 14.9. The van der Waals surface area contributed by atoms with E-state index >= 15 is 0 Å². The zero-order valence-electron chi connectivity index (χ0n) is 46.1. The summed E-state index contributed by atoms with van der Waals surface area (Å²) in [6.45, 7) is 2.80. The largest absolute Gasteiger partial charge is 0.394 e. The fourth-order valence-corrected chi connectivity index (χ4v) is 10.0. The van der Waals surface area contributed by atoms with Gasteiger partial charge in [0, 0.05) is 6.42 Å². The van der Waals surface area contributed by atoms with Gasteiger partial charge in [0.15, 0.2) is 12.6 Å². The first-order valence-corrected chi connectivity index (χ1v) is 30.1. The van der Waals surface area contributed by atoms with Crippen molar-refractivity contribution in [3.63, 3.8) is 0 Å². The van der Waals surface area contributed by atoms with E-state index in [1.165, 1.54) is 186 Å². The number of hydrogen-bond acceptors (Lipinski definition) is 13. The number of carbonyl (C=O) groups excluding carboxylic acids is 1. The Morgan fingerprint density at radius 1 is 0.479 bits per heavy atom. The summed E-state index contributed by atoms with van der Waals surface area (Å²) >= 11 is 0. The van der Waals surface area contributed by atoms with Crippen LogP contribution in [0.5, 0.6) is 0 Å². The Hall–Kier alpha value is -1.53. The van der Waals surface area contributed by atoms with Crippen LogP contribution in [0.3, 0.4) is 0 Å². The first kappa shape index (κ1) is 67.6. The molecule has 430 valence electrons. The van der Waals surface area contributed by atoms with E-state index in [-0.39, 0.29) is 18.9 Å². The molecule has 1 amide bonds. The van der Waals surface area contributed by atoms with E-state index in [2.05, 4.69) is 31.3 Å². The minimum absolute atomic E-state index is 0.246. The van der Waals surface area contributed by atoms with Gasteiger partial charge in [0.25, 0.3) is 0 Å². The number of carbonyl (C=O) groups is 1. The van der Waals surface area contributed by atoms with Gasteiger partial charge in [0.05, 0.1) is 32.0 Å². The number of amides is 1. The molecule has 2 heterocycles. The van der Waals surface area contributed by atoms with Crippen LogP contribution in [0.25, 0.3) is 0 Å². The van der Waals surface area contributed by atoms with Crippen molar-refractivity contribution in [2.75, 3.05) is 19.8 Å². The lowest BCUT2D eigenvalue weighted by Gasteiger charge is -2.46. The van der Waals surface area contributed by atoms with Crippen LogP contribution < -0.4 is 5.32 Å². The Bertz CT molecular complexity index is 1320. The number of unbranched alkanes of at least 4 members (excludes halogenated alkanes) is 33. The number of aliphatic hydroxyl groups is 8. The van der Waals surface area contributed by atoms with Crippen LogP contribution in [0.2, 0.25) is 0 Å². The molecule has 2 aliphatic rings. The molecule has 0 saturated carbocycles. The number of nitrogens with one attached hydrogen (secondary N) is 1. The van der Waals surface area contributed by atoms with Crippen molar-refractivity contribution in [2.45, 2.75) is 325 Å². The Labute approximate surface area is 443 Å². The van der Waals surface area contributed by atoms with Crippen LogP contribution in [0.15, 0.2) is 24.3 Å². The van der Waals surface area contributed by atoms with Crippen LogP contribution >= 0.6 is 0 Å². The summed E-state index contributed by atoms with van der Waals surface area (Å²) in [6.07, 6.45) is 36.5. The third kappa shape index (κ3) is 31.5. The fourth-order valence-electron chi connectivity index (χ4n) is 10.0. The average molecular weight is 1040 g/mol. The molecule has 14 heteroatoms. The second kappa shape index (κ2) is 45.5. The molecule has 0 aromatic heterocycles. The van der Waals surface area contributed by atoms with Crippen LogP contribution in [-0.4, -0.2) is 140 Å². The first-order chi connectivity index (χ1) is 35.6. The van der Waals surface area contributed by atoms with Crippen molar-refractivity contribution in [2.24, 2.45) is 0 Å². The molecule has 0 spiro atoms. The standard InChI is InChI=1S/C59H111NO13/c1-3-5-7-9-11-13-15-17-19-20-21-22-23-24-25-26-27-29-30-32-34-36-38-40-42-48(63)47(60-51(64)43-41-39-37-35-33-31-28-18-16-14-12-10-8-6-4-2)46-70-58-56(69)54(67)57(50(45-62)72-58)73-59-55(68)53(66)52(65)49(44-61)71-59/h32,34,40,42,47-50,52-59,61-63,65-69H,3-31,33,35-39,41,43-46H2,1-2H3,(H,60,64)/b34-32+,42-40+. The minimum atomic E-state index is -1.79. The minimum Gasteiger partial charge on any atom is -0.394 e. The summed E-state index contributed by atoms with van der Waals surface area (Å²) in [4.78, 5) is 13.2. The fraction of sp³-hybridized carbons (Fsp3) is 0.915. The topological polar surface area (TPSA) is 228 Å². The molecule has 0 radical (unpaired) electrons. The van der Waals surface area contributed by atoms with Gasteiger partial charge in [-0.2, -0.15) is 0 Å². The predicted molar refractivity (Wildman–Crippen MR) is 291 cm³/mol. The molecule has 0 aromatic carbocycles. The van der Waals surface area contributed by atoms with Gasteiger partial charge in [0.1, 0.15) is 48.8 Å². The smallest absolute Gasteiger partial charge is 0.220 e. The zero-order valence-corrected chi connectivity index (χ0v) is 46.1. The molecule has 14 nitrogen and oxygen atoms in total. The van der Waals surface area contributed by atoms with Crippen LogP contribution in [0.4, 0.5) is 0 Å². The van der Waals surface area contributed by atoms with Crippen molar-refractivity contribution >= 4 is 5.91 Å². The van der Waals surface area contributed by atoms with Gasteiger partial charge in [-0.25, -0.2) is 0 Å². The molecular weight excluding hydrogens is 931 g/mol. The lowest BCUT2D eigenvalue weighted by Crippen LogP contribution is -2.65. The third-order valence-electron chi connectivity index (χ3n) is 14.9. The molecule has 12 unspecified atom stereocenters. The van der Waals surface area contributed by atoms with Crippen molar-refractivity contribution in [3.8, 4) is 0 Å². The van der Waals surface area contributed by atoms with Crippen LogP contribution in [0, 0.1) is 0 Å². The highest BCUT2D eigenvalue weighted by Crippen LogP contribution is 2.30. The van der Waals surface area contributed by atoms with E-state index in [1.54, 1.807) is 6.08 Å². The first-order valence-electron chi connectivity index (χ1n) is 30.1. The highest BCUT2D eigenvalue weighted by molar-refractivity contribution is 5.76. The van der Waals surface area contributed by atoms with Crippen LogP contribution in [-0.2, 0) is 23.7 Å². The average Bonchev–Trinajstić information content (AvgIpc) is 3.39. The van der Waals surface area contributed by atoms with Crippen molar-refractivity contribution in [1.82, 2.24) is 5.32 Å². The maximum absolute atomic E-state index is 13.2. The number of allylic oxidation sites excluding steroid dienone is 3. The molecule has 2 rings (SSSR count). The van der Waals surface area contributed by atoms with Crippen LogP contribution in [0.1, 0.15) is 251 Å². The molecule has 2 fully saturated rings. The Balaban J connectivity index is 1.77. The molecule has 2 saturated heterocycles. The van der Waals surface area contributed by atoms with E-state index in [0.29, 0.717) is 12.8 Å². The number of hydrogen-bond donors (Lipinski definition) is 9. The number of aliphatic hydroxyl groups excluding tert-OH is 8. The van der Waals surface area contributed by atoms with Crippen molar-refractivity contribution in [1.29, 1.82) is 0 Å². The van der Waals surface area contributed by atoms with E-state index in [4.69, 9.17) is 18.9 Å². The van der Waals surface area contributed by atoms with E-state index in [1.807, 2.05) is 6.08 Å². The molecule has 0 bridgehead atoms. The Kier molecular flexibility index (Phi) is 42.1. The predicted octanol–water partition coefficient (Wildman–Crippen LogP) is 10.1. The van der Waals surface area contributed by atoms with Gasteiger partial charge in [-0.15, -0.1) is 0 Å². The lowest BCUT2D eigenvalue weighted by atomic mass is 9.97. The monoisotopic (exact) mass is 1040 g/mol. The van der Waals surface area contributed by atoms with E-state index in [9.17, 15) is 45.6 Å². The van der Waals surface area contributed by atoms with Crippen molar-refractivity contribution < 1.29 is 64.6 Å². The summed E-state index contributed by atoms with van der Waals surface area (Å²) in [5.74, 6) is -0.246. The summed E-state index contributed by atoms with van der Waals surface area (Å²) < 4.78 is 22.8. The molecule has 0 aliphatic carbocycles. The number of ether oxygens (including phenoxy) is 4. The quantitative estimate of drug-likeness (QED) is 0.0204. The molecule has 12 atom stereocenters. The Morgan fingerprint density at radius 3 is 1.34 bits per heavy atom. The lowest BCUT2D eigenvalue weighted by molar-refractivity contribution is -0.359. The zero-order chi connectivity index (χ0) is 53.2. The second-order valence-electron chi connectivity index (χ2n) is 21.5. The molecule has 73 heavy (non-hydrogen) atoms. The molecule has 0 aromatic rings. The molecular formula is C59H111NO13. The van der Waals surface area contributed by atoms with E-state index in [0.717, 1.165) is 32.1 Å². The SMILES string of the molecule is CCCCCCCCCCCCCCCCCCCC/C=C/CC/C=C/C(O)C(COC1OC(CO)C(OC2OC(CO)C(O)C(O)C2O)C(O)C1O)NC(=O)CCCCCCCCCCCCCCCCC. The van der Waals surface area contributed by atoms with Gasteiger partial charge in [-0.3, -0.25) is 4.79 Å². The normalized spacial score (nSPS) is 25.5. The molecule has 2 aliphatic heterocycles. The second-order valence-corrected chi connectivity index (χ2v) is 21.5. The maximum Gasteiger partial charge on any atom is 0.220 e. The Morgan fingerprint density at radius 2 is 0.877 bits per heavy atom. The highest BCUT2D eigenvalue weighted by Gasteiger charge is 2.51. The summed E-state index contributed by atoms with van der Waals surface area (Å²) in [6, 6.07) is -0.927. The van der Waals surface area contributed by atoms with Gasteiger partial charge < -0.3 is 65.1 Å². The highest BCUT2D eigenvalue weighted by atomic mass is 16.7. The van der Waals surface area contributed by atoms with E-state index < -0.39 is 86.8 Å². The summed E-state index contributed by atoms with van der Waals surface area (Å²) in [7, 11) is 0. The van der Waals surface area contributed by atoms with Gasteiger partial charge in [0.2, 0.25) is 5.91 Å². The maximum atomic E-state index is 13.2. The number of rotatable bonds is 48. The summed E-state index contributed by atoms with van der Waals surface area (Å²) in [5.41, 5.74) is 0. The molecule has 9 N–H and O–H groups in total.